The van der Waals surface area contributed by atoms with Gasteiger partial charge in [0.25, 0.3) is 0 Å². The van der Waals surface area contributed by atoms with Crippen molar-refractivity contribution in [1.29, 1.82) is 0 Å². The zero-order valence-corrected chi connectivity index (χ0v) is 15.9. The van der Waals surface area contributed by atoms with Gasteiger partial charge in [0, 0.05) is 6.04 Å². The van der Waals surface area contributed by atoms with Crippen LogP contribution in [0.25, 0.3) is 0 Å². The Morgan fingerprint density at radius 3 is 1.00 bits per heavy atom. The fourth-order valence-corrected chi connectivity index (χ4v) is 2.49. The molecule has 23 heavy (non-hydrogen) atoms. The fraction of sp³-hybridized carbons (Fsp3) is 1.00. The summed E-state index contributed by atoms with van der Waals surface area (Å²) in [6.45, 7) is 4.62. The molecule has 0 aromatic carbocycles. The molecule has 0 aliphatic heterocycles. The molecule has 0 saturated carbocycles. The fourth-order valence-electron chi connectivity index (χ4n) is 2.49. The highest BCUT2D eigenvalue weighted by Gasteiger charge is 1.93. The lowest BCUT2D eigenvalue weighted by molar-refractivity contribution is 0.558. The predicted molar refractivity (Wildman–Crippen MR) is 105 cm³/mol. The Kier molecular flexibility index (Phi) is 26.3. The van der Waals surface area contributed by atoms with Crippen molar-refractivity contribution in [2.24, 2.45) is 22.9 Å². The van der Waals surface area contributed by atoms with Gasteiger partial charge in [0.1, 0.15) is 0 Å². The van der Waals surface area contributed by atoms with E-state index in [2.05, 4.69) is 6.92 Å². The normalized spacial score (nSPS) is 11.9. The summed E-state index contributed by atoms with van der Waals surface area (Å²) in [6.07, 6.45) is 18.1. The van der Waals surface area contributed by atoms with E-state index in [1.165, 1.54) is 89.9 Å². The molecule has 1 unspecified atom stereocenters. The number of nitrogens with two attached hydrogens (primary N) is 4. The first kappa shape index (κ1) is 25.1. The number of hydrogen-bond donors (Lipinski definition) is 4. The van der Waals surface area contributed by atoms with Crippen LogP contribution in [-0.4, -0.2) is 25.7 Å². The number of unbranched alkanes of at least 4 members (excludes halogenated alkanes) is 11. The zero-order chi connectivity index (χ0) is 17.6. The third kappa shape index (κ3) is 30.3. The van der Waals surface area contributed by atoms with E-state index in [0.29, 0.717) is 6.04 Å². The van der Waals surface area contributed by atoms with E-state index in [1.807, 2.05) is 0 Å². The third-order valence-electron chi connectivity index (χ3n) is 4.02. The molecule has 4 heteroatoms. The van der Waals surface area contributed by atoms with E-state index >= 15 is 0 Å². The van der Waals surface area contributed by atoms with Crippen molar-refractivity contribution in [2.75, 3.05) is 19.6 Å². The van der Waals surface area contributed by atoms with Gasteiger partial charge in [-0.1, -0.05) is 64.2 Å². The van der Waals surface area contributed by atoms with Gasteiger partial charge in [0.05, 0.1) is 0 Å². The van der Waals surface area contributed by atoms with Gasteiger partial charge in [-0.3, -0.25) is 0 Å². The molecule has 0 bridgehead atoms. The molecule has 0 aromatic rings. The highest BCUT2D eigenvalue weighted by atomic mass is 14.6. The first-order valence-electron chi connectivity index (χ1n) is 10.0. The molecule has 0 amide bonds. The maximum atomic E-state index is 5.61. The molecule has 0 aliphatic rings. The average Bonchev–Trinajstić information content (AvgIpc) is 2.54. The van der Waals surface area contributed by atoms with Crippen LogP contribution in [0.15, 0.2) is 0 Å². The first-order valence-corrected chi connectivity index (χ1v) is 10.0. The maximum absolute atomic E-state index is 5.61. The summed E-state index contributed by atoms with van der Waals surface area (Å²) in [5, 5.41) is 0. The van der Waals surface area contributed by atoms with Crippen molar-refractivity contribution >= 4 is 0 Å². The van der Waals surface area contributed by atoms with Gasteiger partial charge in [0.2, 0.25) is 0 Å². The van der Waals surface area contributed by atoms with Crippen LogP contribution in [0.4, 0.5) is 0 Å². The molecule has 0 heterocycles. The third-order valence-corrected chi connectivity index (χ3v) is 4.02. The van der Waals surface area contributed by atoms with Crippen molar-refractivity contribution in [3.8, 4) is 0 Å². The van der Waals surface area contributed by atoms with Crippen molar-refractivity contribution < 1.29 is 0 Å². The molecule has 0 aromatic heterocycles. The molecule has 4 nitrogen and oxygen atoms in total. The average molecular weight is 331 g/mol. The second-order valence-corrected chi connectivity index (χ2v) is 6.73. The Morgan fingerprint density at radius 1 is 0.478 bits per heavy atom. The van der Waals surface area contributed by atoms with Crippen LogP contribution in [0.1, 0.15) is 96.8 Å². The molecular formula is C19H46N4. The lowest BCUT2D eigenvalue weighted by Gasteiger charge is -2.03. The molecule has 8 N–H and O–H groups in total. The Morgan fingerprint density at radius 2 is 0.739 bits per heavy atom. The predicted octanol–water partition coefficient (Wildman–Crippen LogP) is 3.66. The highest BCUT2D eigenvalue weighted by molar-refractivity contribution is 4.53. The van der Waals surface area contributed by atoms with Gasteiger partial charge in [-0.2, -0.15) is 0 Å². The molecular weight excluding hydrogens is 284 g/mol. The second-order valence-electron chi connectivity index (χ2n) is 6.73. The van der Waals surface area contributed by atoms with Gasteiger partial charge in [-0.05, 0) is 52.2 Å². The van der Waals surface area contributed by atoms with Gasteiger partial charge in [-0.15, -0.1) is 0 Å². The van der Waals surface area contributed by atoms with Gasteiger partial charge in [0.15, 0.2) is 0 Å². The van der Waals surface area contributed by atoms with Crippen LogP contribution in [-0.2, 0) is 0 Å². The SMILES string of the molecule is CC(N)CCCCCCCN.NCCCCCCCCCCN. The summed E-state index contributed by atoms with van der Waals surface area (Å²) in [7, 11) is 0. The van der Waals surface area contributed by atoms with Crippen molar-refractivity contribution in [3.05, 3.63) is 0 Å². The van der Waals surface area contributed by atoms with Crippen molar-refractivity contribution in [1.82, 2.24) is 0 Å². The molecule has 1 atom stereocenters. The lowest BCUT2D eigenvalue weighted by Crippen LogP contribution is -2.13. The quantitative estimate of drug-likeness (QED) is 0.324. The summed E-state index contributed by atoms with van der Waals surface area (Å²) in [5.41, 5.74) is 21.8. The van der Waals surface area contributed by atoms with Crippen LogP contribution in [0.2, 0.25) is 0 Å². The Hall–Kier alpha value is -0.160. The molecule has 0 radical (unpaired) electrons. The summed E-state index contributed by atoms with van der Waals surface area (Å²) < 4.78 is 0. The summed E-state index contributed by atoms with van der Waals surface area (Å²) in [5.74, 6) is 0. The molecule has 0 saturated heterocycles. The lowest BCUT2D eigenvalue weighted by atomic mass is 10.1. The van der Waals surface area contributed by atoms with Gasteiger partial charge < -0.3 is 22.9 Å². The monoisotopic (exact) mass is 330 g/mol. The topological polar surface area (TPSA) is 104 Å². The Bertz CT molecular complexity index is 176. The van der Waals surface area contributed by atoms with Crippen molar-refractivity contribution in [3.63, 3.8) is 0 Å². The van der Waals surface area contributed by atoms with E-state index in [-0.39, 0.29) is 0 Å². The van der Waals surface area contributed by atoms with Crippen LogP contribution >= 0.6 is 0 Å². The second kappa shape index (κ2) is 24.1. The maximum Gasteiger partial charge on any atom is 0.00104 e. The van der Waals surface area contributed by atoms with Crippen LogP contribution < -0.4 is 22.9 Å². The summed E-state index contributed by atoms with van der Waals surface area (Å²) in [6, 6.07) is 0.379. The van der Waals surface area contributed by atoms with Crippen LogP contribution in [0.5, 0.6) is 0 Å². The Labute approximate surface area is 146 Å². The standard InChI is InChI=1S/C10H24N2.C9H22N2/c11-9-7-5-3-1-2-4-6-8-10-12;1-9(11)7-5-3-2-4-6-8-10/h1-12H2;9H,2-8,10-11H2,1H3. The largest absolute Gasteiger partial charge is 0.330 e. The molecule has 0 spiro atoms. The minimum Gasteiger partial charge on any atom is -0.330 e. The van der Waals surface area contributed by atoms with Crippen molar-refractivity contribution in [2.45, 2.75) is 103 Å². The van der Waals surface area contributed by atoms with E-state index in [4.69, 9.17) is 22.9 Å². The van der Waals surface area contributed by atoms with Gasteiger partial charge >= 0.3 is 0 Å². The van der Waals surface area contributed by atoms with E-state index in [0.717, 1.165) is 19.6 Å². The van der Waals surface area contributed by atoms with E-state index in [9.17, 15) is 0 Å². The van der Waals surface area contributed by atoms with E-state index < -0.39 is 0 Å². The smallest absolute Gasteiger partial charge is 0.00104 e. The molecule has 0 fully saturated rings. The van der Waals surface area contributed by atoms with Gasteiger partial charge in [-0.25, -0.2) is 0 Å². The first-order chi connectivity index (χ1) is 11.2. The summed E-state index contributed by atoms with van der Waals surface area (Å²) in [4.78, 5) is 0. The molecule has 0 rings (SSSR count). The summed E-state index contributed by atoms with van der Waals surface area (Å²) >= 11 is 0. The number of rotatable bonds is 16. The van der Waals surface area contributed by atoms with E-state index in [1.54, 1.807) is 0 Å². The number of hydrogen-bond acceptors (Lipinski definition) is 4. The Balaban J connectivity index is 0. The minimum absolute atomic E-state index is 0.379. The highest BCUT2D eigenvalue weighted by Crippen LogP contribution is 2.07. The minimum atomic E-state index is 0.379. The van der Waals surface area contributed by atoms with Crippen LogP contribution in [0, 0.1) is 0 Å². The zero-order valence-electron chi connectivity index (χ0n) is 15.9. The molecule has 0 aliphatic carbocycles. The van der Waals surface area contributed by atoms with Crippen LogP contribution in [0.3, 0.4) is 0 Å². The molecule has 142 valence electrons.